The van der Waals surface area contributed by atoms with E-state index in [2.05, 4.69) is 21.2 Å². The van der Waals surface area contributed by atoms with Gasteiger partial charge >= 0.3 is 5.97 Å². The molecule has 114 valence electrons. The normalized spacial score (nSPS) is 21.6. The maximum absolute atomic E-state index is 12.1. The number of halogens is 1. The molecule has 5 nitrogen and oxygen atoms in total. The zero-order valence-electron chi connectivity index (χ0n) is 11.8. The molecule has 1 aromatic rings. The van der Waals surface area contributed by atoms with Crippen LogP contribution < -0.4 is 5.32 Å². The Morgan fingerprint density at radius 3 is 2.52 bits per heavy atom. The molecule has 1 saturated carbocycles. The fourth-order valence-corrected chi connectivity index (χ4v) is 2.81. The van der Waals surface area contributed by atoms with Crippen molar-refractivity contribution in [1.29, 1.82) is 0 Å². The molecule has 0 saturated heterocycles. The molecule has 0 unspecified atom stereocenters. The van der Waals surface area contributed by atoms with Crippen molar-refractivity contribution in [1.82, 2.24) is 5.32 Å². The number of methoxy groups -OCH3 is 1. The molecule has 1 aliphatic carbocycles. The molecule has 1 fully saturated rings. The van der Waals surface area contributed by atoms with Gasteiger partial charge in [0.2, 0.25) is 0 Å². The maximum Gasteiger partial charge on any atom is 0.308 e. The molecule has 0 atom stereocenters. The van der Waals surface area contributed by atoms with Gasteiger partial charge in [-0.15, -0.1) is 0 Å². The second-order valence-corrected chi connectivity index (χ2v) is 6.07. The van der Waals surface area contributed by atoms with Gasteiger partial charge < -0.3 is 15.2 Å². The first kappa shape index (κ1) is 15.8. The molecule has 1 aromatic carbocycles. The lowest BCUT2D eigenvalue weighted by Gasteiger charge is -2.27. The highest BCUT2D eigenvalue weighted by molar-refractivity contribution is 9.10. The first-order valence-corrected chi connectivity index (χ1v) is 7.67. The number of hydrogen-bond acceptors (Lipinski definition) is 4. The minimum Gasteiger partial charge on any atom is -0.507 e. The Bertz CT molecular complexity index is 538. The number of rotatable bonds is 3. The number of carbonyl (C=O) groups excluding carboxylic acids is 2. The van der Waals surface area contributed by atoms with E-state index in [1.54, 1.807) is 12.1 Å². The molecule has 1 amide bonds. The first-order valence-electron chi connectivity index (χ1n) is 6.88. The maximum atomic E-state index is 12.1. The van der Waals surface area contributed by atoms with Gasteiger partial charge in [-0.1, -0.05) is 0 Å². The molecule has 0 radical (unpaired) electrons. The highest BCUT2D eigenvalue weighted by Crippen LogP contribution is 2.27. The van der Waals surface area contributed by atoms with Gasteiger partial charge in [-0.2, -0.15) is 0 Å². The first-order chi connectivity index (χ1) is 10.0. The number of phenolic OH excluding ortho intramolecular Hbond substituents is 1. The summed E-state index contributed by atoms with van der Waals surface area (Å²) in [6.07, 6.45) is 2.97. The van der Waals surface area contributed by atoms with Crippen LogP contribution in [0.3, 0.4) is 0 Å². The van der Waals surface area contributed by atoms with E-state index >= 15 is 0 Å². The fraction of sp³-hybridized carbons (Fsp3) is 0.467. The Hall–Kier alpha value is -1.56. The van der Waals surface area contributed by atoms with Crippen LogP contribution in [-0.4, -0.2) is 30.1 Å². The van der Waals surface area contributed by atoms with Crippen LogP contribution in [0.25, 0.3) is 0 Å². The number of ether oxygens (including phenoxy) is 1. The van der Waals surface area contributed by atoms with Crippen LogP contribution in [0, 0.1) is 5.92 Å². The average Bonchev–Trinajstić information content (AvgIpc) is 2.50. The summed E-state index contributed by atoms with van der Waals surface area (Å²) in [5.41, 5.74) is 0.422. The van der Waals surface area contributed by atoms with Crippen LogP contribution in [0.1, 0.15) is 36.0 Å². The van der Waals surface area contributed by atoms with Crippen LogP contribution in [0.5, 0.6) is 5.75 Å². The Morgan fingerprint density at radius 2 is 1.95 bits per heavy atom. The van der Waals surface area contributed by atoms with Crippen molar-refractivity contribution in [2.75, 3.05) is 7.11 Å². The summed E-state index contributed by atoms with van der Waals surface area (Å²) < 4.78 is 5.29. The van der Waals surface area contributed by atoms with Crippen LogP contribution in [0.15, 0.2) is 22.7 Å². The standard InChI is InChI=1S/C15H18BrNO4/c1-21-15(20)9-2-5-11(6-3-9)17-14(19)10-4-7-12(16)13(18)8-10/h4,7-9,11,18H,2-3,5-6H2,1H3,(H,17,19). The number of carbonyl (C=O) groups is 2. The molecule has 0 aliphatic heterocycles. The van der Waals surface area contributed by atoms with E-state index in [0.717, 1.165) is 25.7 Å². The number of esters is 1. The van der Waals surface area contributed by atoms with E-state index in [9.17, 15) is 14.7 Å². The molecule has 2 N–H and O–H groups in total. The van der Waals surface area contributed by atoms with Gasteiger partial charge in [0.25, 0.3) is 5.91 Å². The zero-order chi connectivity index (χ0) is 15.4. The highest BCUT2D eigenvalue weighted by atomic mass is 79.9. The van der Waals surface area contributed by atoms with Gasteiger partial charge in [0.1, 0.15) is 5.75 Å². The largest absolute Gasteiger partial charge is 0.507 e. The Balaban J connectivity index is 1.89. The minimum absolute atomic E-state index is 0.0389. The number of hydrogen-bond donors (Lipinski definition) is 2. The fourth-order valence-electron chi connectivity index (χ4n) is 2.56. The van der Waals surface area contributed by atoms with Gasteiger partial charge in [0, 0.05) is 11.6 Å². The molecular weight excluding hydrogens is 338 g/mol. The predicted octanol–water partition coefficient (Wildman–Crippen LogP) is 2.62. The molecule has 21 heavy (non-hydrogen) atoms. The topological polar surface area (TPSA) is 75.6 Å². The van der Waals surface area contributed by atoms with Crippen molar-refractivity contribution in [2.45, 2.75) is 31.7 Å². The number of nitrogens with one attached hydrogen (secondary N) is 1. The Kier molecular flexibility index (Phi) is 5.22. The number of aromatic hydroxyl groups is 1. The van der Waals surface area contributed by atoms with E-state index < -0.39 is 0 Å². The highest BCUT2D eigenvalue weighted by Gasteiger charge is 2.27. The van der Waals surface area contributed by atoms with Gasteiger partial charge in [0.15, 0.2) is 0 Å². The molecule has 0 bridgehead atoms. The molecule has 1 aliphatic rings. The summed E-state index contributed by atoms with van der Waals surface area (Å²) in [5.74, 6) is -0.395. The van der Waals surface area contributed by atoms with Gasteiger partial charge in [0.05, 0.1) is 17.5 Å². The Labute approximate surface area is 131 Å². The van der Waals surface area contributed by atoms with Crippen molar-refractivity contribution in [3.8, 4) is 5.75 Å². The van der Waals surface area contributed by atoms with Crippen molar-refractivity contribution >= 4 is 27.8 Å². The molecule has 0 heterocycles. The van der Waals surface area contributed by atoms with Crippen molar-refractivity contribution in [3.05, 3.63) is 28.2 Å². The molecule has 6 heteroatoms. The smallest absolute Gasteiger partial charge is 0.308 e. The SMILES string of the molecule is COC(=O)C1CCC(NC(=O)c2ccc(Br)c(O)c2)CC1. The summed E-state index contributed by atoms with van der Waals surface area (Å²) in [7, 11) is 1.40. The van der Waals surface area contributed by atoms with E-state index in [-0.39, 0.29) is 29.6 Å². The van der Waals surface area contributed by atoms with Crippen LogP contribution in [0.2, 0.25) is 0 Å². The number of amides is 1. The second-order valence-electron chi connectivity index (χ2n) is 5.21. The lowest BCUT2D eigenvalue weighted by molar-refractivity contribution is -0.146. The van der Waals surface area contributed by atoms with Gasteiger partial charge in [-0.25, -0.2) is 0 Å². The van der Waals surface area contributed by atoms with Crippen LogP contribution >= 0.6 is 15.9 Å². The number of phenols is 1. The summed E-state index contributed by atoms with van der Waals surface area (Å²) in [5, 5.41) is 12.5. The summed E-state index contributed by atoms with van der Waals surface area (Å²) in [6.45, 7) is 0. The number of benzene rings is 1. The third-order valence-electron chi connectivity index (χ3n) is 3.81. The molecule has 2 rings (SSSR count). The zero-order valence-corrected chi connectivity index (χ0v) is 13.4. The van der Waals surface area contributed by atoms with E-state index in [1.165, 1.54) is 13.2 Å². The molecule has 0 aromatic heterocycles. The summed E-state index contributed by atoms with van der Waals surface area (Å²) in [6, 6.07) is 4.78. The van der Waals surface area contributed by atoms with Crippen molar-refractivity contribution < 1.29 is 19.4 Å². The predicted molar refractivity (Wildman–Crippen MR) is 81.0 cm³/mol. The van der Waals surface area contributed by atoms with E-state index in [1.807, 2.05) is 0 Å². The second kappa shape index (κ2) is 6.93. The summed E-state index contributed by atoms with van der Waals surface area (Å²) in [4.78, 5) is 23.6. The third-order valence-corrected chi connectivity index (χ3v) is 4.48. The van der Waals surface area contributed by atoms with Crippen molar-refractivity contribution in [3.63, 3.8) is 0 Å². The molecule has 0 spiro atoms. The molecular formula is C15H18BrNO4. The quantitative estimate of drug-likeness (QED) is 0.817. The van der Waals surface area contributed by atoms with Crippen LogP contribution in [-0.2, 0) is 9.53 Å². The lowest BCUT2D eigenvalue weighted by Crippen LogP contribution is -2.38. The minimum atomic E-state index is -0.209. The van der Waals surface area contributed by atoms with Gasteiger partial charge in [-0.05, 0) is 59.8 Å². The van der Waals surface area contributed by atoms with Crippen LogP contribution in [0.4, 0.5) is 0 Å². The van der Waals surface area contributed by atoms with Gasteiger partial charge in [-0.3, -0.25) is 9.59 Å². The van der Waals surface area contributed by atoms with E-state index in [0.29, 0.717) is 10.0 Å². The van der Waals surface area contributed by atoms with E-state index in [4.69, 9.17) is 4.74 Å². The third kappa shape index (κ3) is 3.97. The monoisotopic (exact) mass is 355 g/mol. The lowest BCUT2D eigenvalue weighted by atomic mass is 9.86. The average molecular weight is 356 g/mol. The summed E-state index contributed by atoms with van der Waals surface area (Å²) >= 11 is 3.18. The van der Waals surface area contributed by atoms with Crippen molar-refractivity contribution in [2.24, 2.45) is 5.92 Å². The Morgan fingerprint density at radius 1 is 1.29 bits per heavy atom.